The molecule has 2 amide bonds. The number of carbonyl (C=O) groups excluding carboxylic acids is 2. The molecule has 0 atom stereocenters. The molecule has 0 aliphatic carbocycles. The number of nitrogens with zero attached hydrogens (tertiary/aromatic N) is 3. The van der Waals surface area contributed by atoms with Gasteiger partial charge in [-0.25, -0.2) is 4.99 Å². The second-order valence-corrected chi connectivity index (χ2v) is 9.83. The fourth-order valence-electron chi connectivity index (χ4n) is 4.77. The van der Waals surface area contributed by atoms with Crippen molar-refractivity contribution in [1.82, 2.24) is 20.1 Å². The first-order valence-electron chi connectivity index (χ1n) is 13.3. The predicted molar refractivity (Wildman–Crippen MR) is 154 cm³/mol. The third-order valence-corrected chi connectivity index (χ3v) is 7.01. The Morgan fingerprint density at radius 2 is 1.62 bits per heavy atom. The summed E-state index contributed by atoms with van der Waals surface area (Å²) in [6, 6.07) is 22.2. The minimum atomic E-state index is -0.155. The summed E-state index contributed by atoms with van der Waals surface area (Å²) in [6.45, 7) is 5.77. The number of fused-ring (bicyclic) bond motifs is 1. The van der Waals surface area contributed by atoms with E-state index < -0.39 is 0 Å². The molecule has 1 aliphatic rings. The monoisotopic (exact) mass is 523 g/mol. The molecule has 3 N–H and O–H groups in total. The maximum atomic E-state index is 13.0. The Kier molecular flexibility index (Phi) is 7.74. The largest absolute Gasteiger partial charge is 0.494 e. The van der Waals surface area contributed by atoms with E-state index in [2.05, 4.69) is 22.2 Å². The summed E-state index contributed by atoms with van der Waals surface area (Å²) in [6.07, 6.45) is 0.851. The van der Waals surface area contributed by atoms with Crippen molar-refractivity contribution in [2.45, 2.75) is 13.3 Å². The lowest BCUT2D eigenvalue weighted by Crippen LogP contribution is -2.47. The van der Waals surface area contributed by atoms with Gasteiger partial charge in [0.15, 0.2) is 5.88 Å². The predicted octanol–water partition coefficient (Wildman–Crippen LogP) is 4.57. The summed E-state index contributed by atoms with van der Waals surface area (Å²) in [5.74, 6) is -0.159. The van der Waals surface area contributed by atoms with Crippen LogP contribution in [0.5, 0.6) is 5.88 Å². The number of amides is 2. The number of aromatic nitrogens is 1. The summed E-state index contributed by atoms with van der Waals surface area (Å²) in [7, 11) is 2.06. The van der Waals surface area contributed by atoms with Crippen molar-refractivity contribution in [3.63, 3.8) is 0 Å². The fourth-order valence-corrected chi connectivity index (χ4v) is 4.77. The van der Waals surface area contributed by atoms with Crippen LogP contribution in [-0.4, -0.2) is 77.2 Å². The van der Waals surface area contributed by atoms with E-state index >= 15 is 0 Å². The molecule has 2 heterocycles. The highest BCUT2D eigenvalue weighted by Gasteiger charge is 2.22. The first kappa shape index (κ1) is 26.2. The Bertz CT molecular complexity index is 1500. The van der Waals surface area contributed by atoms with Crippen molar-refractivity contribution in [1.29, 1.82) is 0 Å². The average molecular weight is 524 g/mol. The lowest BCUT2D eigenvalue weighted by Gasteiger charge is -2.32. The minimum Gasteiger partial charge on any atom is -0.494 e. The smallest absolute Gasteiger partial charge is 0.253 e. The maximum absolute atomic E-state index is 13.0. The van der Waals surface area contributed by atoms with Gasteiger partial charge in [-0.15, -0.1) is 0 Å². The van der Waals surface area contributed by atoms with Gasteiger partial charge in [0.05, 0.1) is 17.0 Å². The number of aromatic amines is 1. The van der Waals surface area contributed by atoms with Gasteiger partial charge in [-0.1, -0.05) is 43.3 Å². The second kappa shape index (κ2) is 11.5. The molecule has 1 aromatic heterocycles. The second-order valence-electron chi connectivity index (χ2n) is 9.83. The molecule has 3 aromatic carbocycles. The van der Waals surface area contributed by atoms with E-state index in [9.17, 15) is 14.7 Å². The Morgan fingerprint density at radius 1 is 0.923 bits per heavy atom. The summed E-state index contributed by atoms with van der Waals surface area (Å²) < 4.78 is 0. The summed E-state index contributed by atoms with van der Waals surface area (Å²) >= 11 is 0. The number of aromatic hydroxyl groups is 1. The van der Waals surface area contributed by atoms with E-state index in [1.165, 1.54) is 0 Å². The van der Waals surface area contributed by atoms with Crippen LogP contribution in [0.25, 0.3) is 10.9 Å². The van der Waals surface area contributed by atoms with E-state index in [4.69, 9.17) is 4.99 Å². The molecule has 8 heteroatoms. The van der Waals surface area contributed by atoms with Crippen LogP contribution in [0.1, 0.15) is 45.2 Å². The molecule has 4 aromatic rings. The molecule has 0 radical (unpaired) electrons. The van der Waals surface area contributed by atoms with Gasteiger partial charge in [0.1, 0.15) is 0 Å². The molecule has 5 rings (SSSR count). The zero-order chi connectivity index (χ0) is 27.4. The molecule has 1 aliphatic heterocycles. The minimum absolute atomic E-state index is 0.0231. The third-order valence-electron chi connectivity index (χ3n) is 7.01. The van der Waals surface area contributed by atoms with E-state index in [1.807, 2.05) is 60.4 Å². The van der Waals surface area contributed by atoms with E-state index in [0.717, 1.165) is 43.5 Å². The van der Waals surface area contributed by atoms with E-state index in [-0.39, 0.29) is 17.7 Å². The lowest BCUT2D eigenvalue weighted by molar-refractivity contribution is 0.0664. The molecule has 0 saturated carbocycles. The summed E-state index contributed by atoms with van der Waals surface area (Å²) in [5.41, 5.74) is 4.41. The van der Waals surface area contributed by atoms with Crippen molar-refractivity contribution >= 4 is 34.1 Å². The number of benzene rings is 3. The van der Waals surface area contributed by atoms with Crippen LogP contribution in [0.4, 0.5) is 5.69 Å². The summed E-state index contributed by atoms with van der Waals surface area (Å²) in [4.78, 5) is 37.5. The Balaban J connectivity index is 1.50. The molecule has 0 bridgehead atoms. The fraction of sp³-hybridized carbons (Fsp3) is 0.258. The number of rotatable bonds is 7. The number of hydrogen-bond donors (Lipinski definition) is 3. The first-order chi connectivity index (χ1) is 18.9. The molecule has 8 nitrogen and oxygen atoms in total. The molecule has 0 unspecified atom stereocenters. The van der Waals surface area contributed by atoms with Crippen molar-refractivity contribution < 1.29 is 14.7 Å². The molecule has 0 spiro atoms. The zero-order valence-corrected chi connectivity index (χ0v) is 22.3. The van der Waals surface area contributed by atoms with Crippen LogP contribution >= 0.6 is 0 Å². The standard InChI is InChI=1S/C31H33N5O3/c1-3-15-32-29(37)23-11-14-25-26(20-23)34-30(38)27(25)28(21-7-5-4-6-8-21)33-24-12-9-22(10-13-24)31(39)36-18-16-35(2)17-19-36/h4-14,20,34,38H,3,15-19H2,1-2H3,(H,32,37). The van der Waals surface area contributed by atoms with Gasteiger partial charge in [0.25, 0.3) is 11.8 Å². The van der Waals surface area contributed by atoms with E-state index in [1.54, 1.807) is 24.3 Å². The van der Waals surface area contributed by atoms with Gasteiger partial charge in [-0.3, -0.25) is 9.59 Å². The highest BCUT2D eigenvalue weighted by atomic mass is 16.3. The Hall–Kier alpha value is -4.43. The SMILES string of the molecule is CCCNC(=O)c1ccc2c(C(=Nc3ccc(C(=O)N4CCN(C)CC4)cc3)c3ccccc3)c(O)[nH]c2c1. The average Bonchev–Trinajstić information content (AvgIpc) is 3.30. The normalized spacial score (nSPS) is 14.5. The molecule has 1 saturated heterocycles. The van der Waals surface area contributed by atoms with Crippen molar-refractivity contribution in [3.8, 4) is 5.88 Å². The third kappa shape index (κ3) is 5.71. The van der Waals surface area contributed by atoms with Gasteiger partial charge < -0.3 is 25.2 Å². The van der Waals surface area contributed by atoms with Crippen LogP contribution in [0.3, 0.4) is 0 Å². The topological polar surface area (TPSA) is 101 Å². The van der Waals surface area contributed by atoms with Crippen LogP contribution in [0.2, 0.25) is 0 Å². The maximum Gasteiger partial charge on any atom is 0.253 e. The molecule has 1 fully saturated rings. The quantitative estimate of drug-likeness (QED) is 0.309. The number of H-pyrrole nitrogens is 1. The molecular formula is C31H33N5O3. The number of likely N-dealkylation sites (N-methyl/N-ethyl adjacent to an activating group) is 1. The first-order valence-corrected chi connectivity index (χ1v) is 13.3. The molecule has 39 heavy (non-hydrogen) atoms. The number of aliphatic imine (C=N–C) groups is 1. The van der Waals surface area contributed by atoms with Crippen LogP contribution in [-0.2, 0) is 0 Å². The highest BCUT2D eigenvalue weighted by molar-refractivity contribution is 6.22. The van der Waals surface area contributed by atoms with Crippen LogP contribution < -0.4 is 5.32 Å². The van der Waals surface area contributed by atoms with E-state index in [0.29, 0.717) is 40.2 Å². The van der Waals surface area contributed by atoms with Gasteiger partial charge >= 0.3 is 0 Å². The lowest BCUT2D eigenvalue weighted by atomic mass is 10.00. The number of hydrogen-bond acceptors (Lipinski definition) is 5. The van der Waals surface area contributed by atoms with Gasteiger partial charge in [-0.2, -0.15) is 0 Å². The van der Waals surface area contributed by atoms with Crippen molar-refractivity contribution in [2.24, 2.45) is 4.99 Å². The molecular weight excluding hydrogens is 490 g/mol. The van der Waals surface area contributed by atoms with Crippen LogP contribution in [0, 0.1) is 0 Å². The zero-order valence-electron chi connectivity index (χ0n) is 22.3. The van der Waals surface area contributed by atoms with Gasteiger partial charge in [0.2, 0.25) is 0 Å². The van der Waals surface area contributed by atoms with Crippen LogP contribution in [0.15, 0.2) is 77.8 Å². The number of piperazine rings is 1. The van der Waals surface area contributed by atoms with Crippen molar-refractivity contribution in [2.75, 3.05) is 39.8 Å². The Labute approximate surface area is 228 Å². The van der Waals surface area contributed by atoms with Gasteiger partial charge in [0, 0.05) is 60.3 Å². The summed E-state index contributed by atoms with van der Waals surface area (Å²) in [5, 5.41) is 14.6. The molecule has 200 valence electrons. The number of carbonyl (C=O) groups is 2. The highest BCUT2D eigenvalue weighted by Crippen LogP contribution is 2.32. The van der Waals surface area contributed by atoms with Crippen molar-refractivity contribution in [3.05, 3.63) is 95.1 Å². The Morgan fingerprint density at radius 3 is 2.31 bits per heavy atom. The number of nitrogens with one attached hydrogen (secondary N) is 2. The van der Waals surface area contributed by atoms with Gasteiger partial charge in [-0.05, 0) is 49.9 Å².